The molecule has 0 N–H and O–H groups in total. The van der Waals surface area contributed by atoms with Crippen molar-refractivity contribution in [1.82, 2.24) is 0 Å². The zero-order valence-electron chi connectivity index (χ0n) is 10.1. The Balaban J connectivity index is -0.0000000637. The second-order valence-corrected chi connectivity index (χ2v) is 2.09. The first-order valence-corrected chi connectivity index (χ1v) is 4.60. The molecule has 1 aliphatic rings. The van der Waals surface area contributed by atoms with Gasteiger partial charge in [0.2, 0.25) is 0 Å². The monoisotopic (exact) mass is 353 g/mol. The van der Waals surface area contributed by atoms with E-state index in [9.17, 15) is 0 Å². The third kappa shape index (κ3) is 58.8. The topological polar surface area (TPSA) is 18.5 Å². The minimum absolute atomic E-state index is 0. The Hall–Kier alpha value is 1.27. The molecule has 0 aromatic carbocycles. The van der Waals surface area contributed by atoms with Crippen molar-refractivity contribution in [2.24, 2.45) is 0 Å². The van der Waals surface area contributed by atoms with E-state index < -0.39 is 0 Å². The molecular formula is C13H23NdO2+3. The third-order valence-electron chi connectivity index (χ3n) is 0.744. The minimum Gasteiger partial charge on any atom is -0.377 e. The zero-order chi connectivity index (χ0) is 12.4. The molecule has 10 radical (unpaired) electrons. The van der Waals surface area contributed by atoms with E-state index in [1.807, 2.05) is 0 Å². The van der Waals surface area contributed by atoms with Gasteiger partial charge in [0, 0.05) is 0 Å². The molecule has 1 fully saturated rings. The molecule has 0 aromatic heterocycles. The maximum Gasteiger partial charge on any atom is 3.00 e. The molecule has 0 atom stereocenters. The normalized spacial score (nSPS) is 12.4. The molecule has 0 amide bonds. The Morgan fingerprint density at radius 1 is 0.562 bits per heavy atom. The van der Waals surface area contributed by atoms with Gasteiger partial charge in [-0.3, -0.25) is 0 Å². The van der Waals surface area contributed by atoms with Crippen molar-refractivity contribution >= 4 is 0 Å². The molecule has 2 nitrogen and oxygen atoms in total. The Labute approximate surface area is 136 Å². The van der Waals surface area contributed by atoms with Gasteiger partial charge in [0.25, 0.3) is 0 Å². The standard InChI is InChI=1S/C4H8O2.3C3H5.Nd/c1-2-6-4-3-5-1;3*1-3-2;/h1-4H2;3*3H,1-2H2;/q;;;;+3. The first-order chi connectivity index (χ1) is 7.24. The minimum atomic E-state index is 0. The fourth-order valence-corrected chi connectivity index (χ4v) is 0.440. The van der Waals surface area contributed by atoms with Crippen molar-refractivity contribution in [3.63, 3.8) is 0 Å². The summed E-state index contributed by atoms with van der Waals surface area (Å²) in [6.07, 6.45) is 4.50. The van der Waals surface area contributed by atoms with Crippen molar-refractivity contribution in [1.29, 1.82) is 0 Å². The quantitative estimate of drug-likeness (QED) is 0.665. The summed E-state index contributed by atoms with van der Waals surface area (Å²) in [6, 6.07) is 0. The average molecular weight is 356 g/mol. The van der Waals surface area contributed by atoms with Crippen LogP contribution in [0.4, 0.5) is 0 Å². The molecule has 0 aliphatic carbocycles. The van der Waals surface area contributed by atoms with Crippen LogP contribution in [0.1, 0.15) is 0 Å². The summed E-state index contributed by atoms with van der Waals surface area (Å²) in [4.78, 5) is 0. The molecule has 1 rings (SSSR count). The van der Waals surface area contributed by atoms with Crippen LogP contribution in [0.5, 0.6) is 0 Å². The van der Waals surface area contributed by atoms with Crippen molar-refractivity contribution in [3.05, 3.63) is 60.8 Å². The van der Waals surface area contributed by atoms with Crippen molar-refractivity contribution in [2.45, 2.75) is 0 Å². The van der Waals surface area contributed by atoms with E-state index in [4.69, 9.17) is 9.47 Å². The SMILES string of the molecule is C1COCCO1.[CH2][CH][CH2].[CH2][CH][CH2].[CH2][CH][CH2].[Nd+3]. The van der Waals surface area contributed by atoms with Crippen LogP contribution in [0.25, 0.3) is 0 Å². The summed E-state index contributed by atoms with van der Waals surface area (Å²) < 4.78 is 9.89. The summed E-state index contributed by atoms with van der Waals surface area (Å²) in [7, 11) is 0. The molecule has 1 heterocycles. The molecule has 88 valence electrons. The van der Waals surface area contributed by atoms with Gasteiger partial charge in [-0.1, -0.05) is 0 Å². The second-order valence-electron chi connectivity index (χ2n) is 2.09. The fourth-order valence-electron chi connectivity index (χ4n) is 0.440. The van der Waals surface area contributed by atoms with E-state index in [0.29, 0.717) is 0 Å². The summed E-state index contributed by atoms with van der Waals surface area (Å²) in [5.41, 5.74) is 0. The van der Waals surface area contributed by atoms with Gasteiger partial charge in [0.15, 0.2) is 0 Å². The van der Waals surface area contributed by atoms with Crippen LogP contribution >= 0.6 is 0 Å². The first kappa shape index (κ1) is 26.0. The van der Waals surface area contributed by atoms with E-state index in [2.05, 4.69) is 41.5 Å². The van der Waals surface area contributed by atoms with Crippen LogP contribution < -0.4 is 0 Å². The summed E-state index contributed by atoms with van der Waals surface area (Å²) in [5, 5.41) is 0. The van der Waals surface area contributed by atoms with Gasteiger partial charge >= 0.3 is 40.8 Å². The molecule has 0 bridgehead atoms. The Morgan fingerprint density at radius 2 is 0.688 bits per heavy atom. The Morgan fingerprint density at radius 3 is 0.750 bits per heavy atom. The van der Waals surface area contributed by atoms with Crippen LogP contribution in [0, 0.1) is 102 Å². The van der Waals surface area contributed by atoms with Gasteiger partial charge in [-0.15, -0.1) is 0 Å². The molecule has 3 heteroatoms. The van der Waals surface area contributed by atoms with Crippen LogP contribution in [-0.4, -0.2) is 26.4 Å². The number of hydrogen-bond donors (Lipinski definition) is 0. The molecule has 1 saturated heterocycles. The molecule has 0 saturated carbocycles. The van der Waals surface area contributed by atoms with Crippen LogP contribution in [-0.2, 0) is 9.47 Å². The van der Waals surface area contributed by atoms with Crippen molar-refractivity contribution < 1.29 is 50.3 Å². The van der Waals surface area contributed by atoms with Gasteiger partial charge in [-0.05, 0) is 60.8 Å². The van der Waals surface area contributed by atoms with Crippen LogP contribution in [0.2, 0.25) is 0 Å². The first-order valence-electron chi connectivity index (χ1n) is 4.60. The predicted molar refractivity (Wildman–Crippen MR) is 66.7 cm³/mol. The predicted octanol–water partition coefficient (Wildman–Crippen LogP) is 2.61. The summed E-state index contributed by atoms with van der Waals surface area (Å²) in [6.45, 7) is 22.6. The number of hydrogen-bond acceptors (Lipinski definition) is 2. The van der Waals surface area contributed by atoms with Gasteiger partial charge in [-0.2, -0.15) is 0 Å². The number of rotatable bonds is 0. The third-order valence-corrected chi connectivity index (χ3v) is 0.744. The number of ether oxygens (including phenoxy) is 2. The molecule has 0 aromatic rings. The van der Waals surface area contributed by atoms with Crippen molar-refractivity contribution in [2.75, 3.05) is 26.4 Å². The maximum atomic E-state index is 4.94. The van der Waals surface area contributed by atoms with E-state index in [0.717, 1.165) is 26.4 Å². The summed E-state index contributed by atoms with van der Waals surface area (Å²) in [5.74, 6) is 0. The van der Waals surface area contributed by atoms with E-state index in [-0.39, 0.29) is 40.8 Å². The maximum absolute atomic E-state index is 4.94. The van der Waals surface area contributed by atoms with Gasteiger partial charge in [0.05, 0.1) is 26.4 Å². The van der Waals surface area contributed by atoms with Crippen LogP contribution in [0.15, 0.2) is 0 Å². The summed E-state index contributed by atoms with van der Waals surface area (Å²) >= 11 is 0. The van der Waals surface area contributed by atoms with E-state index in [1.165, 1.54) is 19.3 Å². The smallest absolute Gasteiger partial charge is 0.377 e. The molecule has 16 heavy (non-hydrogen) atoms. The van der Waals surface area contributed by atoms with Gasteiger partial charge < -0.3 is 9.47 Å². The molecule has 0 spiro atoms. The average Bonchev–Trinajstić information content (AvgIpc) is 2.24. The second kappa shape index (κ2) is 36.0. The van der Waals surface area contributed by atoms with Gasteiger partial charge in [0.1, 0.15) is 0 Å². The Kier molecular flexibility index (Phi) is 58.4. The molecule has 1 aliphatic heterocycles. The fraction of sp³-hybridized carbons (Fsp3) is 0.308. The Bertz CT molecular complexity index is 50.7. The molecular weight excluding hydrogens is 332 g/mol. The van der Waals surface area contributed by atoms with E-state index >= 15 is 0 Å². The molecule has 0 unspecified atom stereocenters. The van der Waals surface area contributed by atoms with E-state index in [1.54, 1.807) is 0 Å². The van der Waals surface area contributed by atoms with Gasteiger partial charge in [-0.25, -0.2) is 0 Å². The van der Waals surface area contributed by atoms with Crippen molar-refractivity contribution in [3.8, 4) is 0 Å². The largest absolute Gasteiger partial charge is 3.00 e. The zero-order valence-corrected chi connectivity index (χ0v) is 13.3. The van der Waals surface area contributed by atoms with Crippen LogP contribution in [0.3, 0.4) is 0 Å².